The van der Waals surface area contributed by atoms with Crippen molar-refractivity contribution in [3.8, 4) is 0 Å². The third-order valence-electron chi connectivity index (χ3n) is 6.67. The third kappa shape index (κ3) is 9.80. The Labute approximate surface area is 244 Å². The molecule has 0 aliphatic carbocycles. The van der Waals surface area contributed by atoms with Crippen LogP contribution in [0.3, 0.4) is 0 Å². The average molecular weight is 581 g/mol. The molecule has 226 valence electrons. The predicted molar refractivity (Wildman–Crippen MR) is 160 cm³/mol. The minimum Gasteiger partial charge on any atom is -0.481 e. The number of nitrogens with one attached hydrogen (secondary N) is 2. The zero-order valence-electron chi connectivity index (χ0n) is 23.9. The molecule has 0 bridgehead atoms. The van der Waals surface area contributed by atoms with Crippen LogP contribution in [-0.2, 0) is 16.1 Å². The van der Waals surface area contributed by atoms with E-state index in [0.29, 0.717) is 42.1 Å². The molecule has 42 heavy (non-hydrogen) atoms. The number of hydrogen-bond acceptors (Lipinski definition) is 11. The molecule has 14 nitrogen and oxygen atoms in total. The zero-order valence-corrected chi connectivity index (χ0v) is 23.9. The highest BCUT2D eigenvalue weighted by atomic mass is 16.4. The zero-order chi connectivity index (χ0) is 30.5. The highest BCUT2D eigenvalue weighted by molar-refractivity contribution is 5.98. The number of aliphatic carboxylic acids is 1. The van der Waals surface area contributed by atoms with Crippen LogP contribution >= 0.6 is 0 Å². The number of nitrogens with zero attached hydrogens (tertiary/aromatic N) is 5. The Hall–Kier alpha value is -4.59. The molecule has 1 atom stereocenters. The first-order valence-corrected chi connectivity index (χ1v) is 14.0. The molecular weight excluding hydrogens is 540 g/mol. The summed E-state index contributed by atoms with van der Waals surface area (Å²) < 4.78 is 0. The minimum absolute atomic E-state index is 0.0121. The fraction of sp³-hybridized carbons (Fsp3) is 0.464. The molecule has 3 aromatic rings. The number of nitrogen functional groups attached to an aromatic ring is 2. The maximum Gasteiger partial charge on any atom is 0.303 e. The molecule has 14 heteroatoms. The van der Waals surface area contributed by atoms with Crippen LogP contribution in [0.1, 0.15) is 67.4 Å². The fourth-order valence-corrected chi connectivity index (χ4v) is 4.35. The quantitative estimate of drug-likeness (QED) is 0.125. The number of aromatic nitrogens is 4. The van der Waals surface area contributed by atoms with Crippen LogP contribution in [-0.4, -0.2) is 69.0 Å². The summed E-state index contributed by atoms with van der Waals surface area (Å²) in [6.07, 6.45) is 7.40. The van der Waals surface area contributed by atoms with Crippen molar-refractivity contribution >= 4 is 46.4 Å². The van der Waals surface area contributed by atoms with E-state index in [-0.39, 0.29) is 24.6 Å². The van der Waals surface area contributed by atoms with E-state index in [1.165, 1.54) is 0 Å². The molecule has 1 aromatic carbocycles. The van der Waals surface area contributed by atoms with Gasteiger partial charge in [0.2, 0.25) is 11.9 Å². The summed E-state index contributed by atoms with van der Waals surface area (Å²) >= 11 is 0. The normalized spacial score (nSPS) is 11.7. The molecule has 0 fully saturated rings. The lowest BCUT2D eigenvalue weighted by Crippen LogP contribution is -2.47. The fourth-order valence-electron chi connectivity index (χ4n) is 4.35. The number of hydrogen-bond donors (Lipinski definition) is 6. The Morgan fingerprint density at radius 2 is 1.67 bits per heavy atom. The molecular formula is C28H40N10O4. The number of amides is 2. The number of rotatable bonds is 17. The van der Waals surface area contributed by atoms with Crippen LogP contribution in [0.5, 0.6) is 0 Å². The summed E-state index contributed by atoms with van der Waals surface area (Å²) in [6.45, 7) is 1.56. The van der Waals surface area contributed by atoms with E-state index in [1.54, 1.807) is 30.5 Å². The molecule has 0 aliphatic heterocycles. The van der Waals surface area contributed by atoms with Crippen molar-refractivity contribution in [2.24, 2.45) is 5.73 Å². The number of fused-ring (bicyclic) bond motifs is 1. The van der Waals surface area contributed by atoms with Gasteiger partial charge in [-0.1, -0.05) is 25.7 Å². The van der Waals surface area contributed by atoms with Crippen molar-refractivity contribution < 1.29 is 19.5 Å². The first kappa shape index (κ1) is 31.9. The van der Waals surface area contributed by atoms with E-state index in [1.807, 2.05) is 11.9 Å². The van der Waals surface area contributed by atoms with Crippen LogP contribution < -0.4 is 32.7 Å². The second-order valence-electron chi connectivity index (χ2n) is 10.1. The summed E-state index contributed by atoms with van der Waals surface area (Å²) in [5, 5.41) is 14.6. The lowest BCUT2D eigenvalue weighted by atomic mass is 10.1. The first-order valence-electron chi connectivity index (χ1n) is 14.0. The minimum atomic E-state index is -1.04. The van der Waals surface area contributed by atoms with Crippen molar-refractivity contribution in [3.05, 3.63) is 41.7 Å². The van der Waals surface area contributed by atoms with E-state index < -0.39 is 23.8 Å². The summed E-state index contributed by atoms with van der Waals surface area (Å²) in [4.78, 5) is 55.5. The second-order valence-corrected chi connectivity index (χ2v) is 10.1. The predicted octanol–water partition coefficient (Wildman–Crippen LogP) is 1.60. The van der Waals surface area contributed by atoms with Crippen LogP contribution in [0.15, 0.2) is 30.5 Å². The SMILES string of the molecule is CN(Cc1cnc2nc(N)nc(N)c2n1)c1ccc(C(=O)N[C@@H](CCC(=O)O)C(=O)NCCCCCCCCN)cc1. The number of benzene rings is 1. The molecule has 0 unspecified atom stereocenters. The van der Waals surface area contributed by atoms with E-state index in [0.717, 1.165) is 44.2 Å². The lowest BCUT2D eigenvalue weighted by Gasteiger charge is -2.20. The van der Waals surface area contributed by atoms with Crippen LogP contribution in [0, 0.1) is 0 Å². The van der Waals surface area contributed by atoms with Crippen LogP contribution in [0.2, 0.25) is 0 Å². The van der Waals surface area contributed by atoms with Gasteiger partial charge < -0.3 is 37.8 Å². The van der Waals surface area contributed by atoms with Gasteiger partial charge in [0, 0.05) is 31.3 Å². The average Bonchev–Trinajstić information content (AvgIpc) is 2.96. The highest BCUT2D eigenvalue weighted by Crippen LogP contribution is 2.19. The first-order chi connectivity index (χ1) is 20.2. The maximum absolute atomic E-state index is 12.9. The van der Waals surface area contributed by atoms with Gasteiger partial charge in [-0.3, -0.25) is 14.4 Å². The van der Waals surface area contributed by atoms with Gasteiger partial charge in [-0.25, -0.2) is 9.97 Å². The van der Waals surface area contributed by atoms with Crippen molar-refractivity contribution in [1.82, 2.24) is 30.6 Å². The van der Waals surface area contributed by atoms with E-state index in [4.69, 9.17) is 22.3 Å². The molecule has 3 rings (SSSR count). The number of anilines is 3. The summed E-state index contributed by atoms with van der Waals surface area (Å²) in [7, 11) is 1.86. The molecule has 0 saturated heterocycles. The van der Waals surface area contributed by atoms with Crippen molar-refractivity contribution in [2.75, 3.05) is 36.5 Å². The summed E-state index contributed by atoms with van der Waals surface area (Å²) in [6, 6.07) is 5.85. The van der Waals surface area contributed by atoms with Crippen molar-refractivity contribution in [1.29, 1.82) is 0 Å². The van der Waals surface area contributed by atoms with Gasteiger partial charge >= 0.3 is 5.97 Å². The van der Waals surface area contributed by atoms with Gasteiger partial charge in [0.05, 0.1) is 18.4 Å². The second kappa shape index (κ2) is 16.0. The van der Waals surface area contributed by atoms with Gasteiger partial charge in [0.1, 0.15) is 6.04 Å². The molecule has 2 amide bonds. The number of unbranched alkanes of at least 4 members (excludes halogenated alkanes) is 5. The number of nitrogens with two attached hydrogens (primary N) is 3. The third-order valence-corrected chi connectivity index (χ3v) is 6.67. The Balaban J connectivity index is 1.55. The molecule has 0 radical (unpaired) electrons. The van der Waals surface area contributed by atoms with Gasteiger partial charge in [-0.2, -0.15) is 9.97 Å². The monoisotopic (exact) mass is 580 g/mol. The maximum atomic E-state index is 12.9. The Morgan fingerprint density at radius 3 is 2.36 bits per heavy atom. The molecule has 0 spiro atoms. The van der Waals surface area contributed by atoms with E-state index in [2.05, 4.69) is 30.6 Å². The van der Waals surface area contributed by atoms with E-state index in [9.17, 15) is 14.4 Å². The van der Waals surface area contributed by atoms with Gasteiger partial charge in [-0.15, -0.1) is 0 Å². The standard InChI is InChI=1S/C28H40N10O4/c1-38(17-19-16-33-25-23(34-19)24(30)36-28(31)37-25)20-10-8-18(9-11-20)26(41)35-21(12-13-22(39)40)27(42)32-15-7-5-3-2-4-6-14-29/h8-11,16,21H,2-7,12-15,17,29H2,1H3,(H,32,42)(H,35,41)(H,39,40)(H4,30,31,33,36,37)/t21-/m0/s1. The Bertz CT molecular complexity index is 1350. The molecule has 9 N–H and O–H groups in total. The van der Waals surface area contributed by atoms with Crippen molar-refractivity contribution in [3.63, 3.8) is 0 Å². The molecule has 2 heterocycles. The number of carbonyl (C=O) groups excluding carboxylic acids is 2. The molecule has 0 aliphatic rings. The Kier molecular flexibility index (Phi) is 12.2. The molecule has 0 saturated carbocycles. The van der Waals surface area contributed by atoms with Crippen LogP contribution in [0.4, 0.5) is 17.5 Å². The lowest BCUT2D eigenvalue weighted by molar-refractivity contribution is -0.137. The molecule has 2 aromatic heterocycles. The van der Waals surface area contributed by atoms with Gasteiger partial charge in [0.15, 0.2) is 17.0 Å². The topological polar surface area (TPSA) is 228 Å². The van der Waals surface area contributed by atoms with Crippen LogP contribution in [0.25, 0.3) is 11.2 Å². The number of carbonyl (C=O) groups is 3. The largest absolute Gasteiger partial charge is 0.481 e. The summed E-state index contributed by atoms with van der Waals surface area (Å²) in [5.74, 6) is -1.73. The van der Waals surface area contributed by atoms with E-state index >= 15 is 0 Å². The Morgan fingerprint density at radius 1 is 0.976 bits per heavy atom. The number of carboxylic acids is 1. The van der Waals surface area contributed by atoms with Gasteiger partial charge in [0.25, 0.3) is 5.91 Å². The highest BCUT2D eigenvalue weighted by Gasteiger charge is 2.22. The smallest absolute Gasteiger partial charge is 0.303 e. The number of carboxylic acid groups (broad SMARTS) is 1. The summed E-state index contributed by atoms with van der Waals surface area (Å²) in [5.41, 5.74) is 19.5. The van der Waals surface area contributed by atoms with Crippen molar-refractivity contribution in [2.45, 2.75) is 64.0 Å². The van der Waals surface area contributed by atoms with Gasteiger partial charge in [-0.05, 0) is 50.1 Å².